The van der Waals surface area contributed by atoms with Crippen molar-refractivity contribution in [2.24, 2.45) is 0 Å². The highest BCUT2D eigenvalue weighted by atomic mass is 19.1. The molecule has 0 bridgehead atoms. The number of rotatable bonds is 5. The van der Waals surface area contributed by atoms with Gasteiger partial charge in [0.15, 0.2) is 11.5 Å². The first-order valence-electron chi connectivity index (χ1n) is 11.5. The molecule has 0 fully saturated rings. The first-order chi connectivity index (χ1) is 16.5. The molecule has 0 aromatic heterocycles. The molecule has 34 heavy (non-hydrogen) atoms. The van der Waals surface area contributed by atoms with Crippen LogP contribution in [-0.4, -0.2) is 25.9 Å². The Morgan fingerprint density at radius 2 is 1.76 bits per heavy atom. The molecular weight excluding hydrogens is 440 g/mol. The molecular formula is C27H23F2NO4. The summed E-state index contributed by atoms with van der Waals surface area (Å²) in [6.07, 6.45) is 2.84. The molecule has 3 aliphatic heterocycles. The minimum absolute atomic E-state index is 0.0648. The summed E-state index contributed by atoms with van der Waals surface area (Å²) in [6, 6.07) is 12.3. The van der Waals surface area contributed by atoms with E-state index in [-0.39, 0.29) is 24.9 Å². The molecule has 5 nitrogen and oxygen atoms in total. The standard InChI is InChI=1S/C27H23F2NO4/c1-2-3-4-10-30-21-7-5-6-17(18-11-16(28)8-9-20(18)29)25(21)27(26(30)31)14-32-22-13-24-23(12-19(22)27)33-15-34-24/h5-9,11-13H,2-4,10,14-15H2,1H3. The SMILES string of the molecule is CCCCCN1C(=O)C2(COc3cc4c(cc32)OCO4)c2c(-c3cc(F)ccc3F)cccc21. The number of carbonyl (C=O) groups excluding carboxylic acids is 1. The van der Waals surface area contributed by atoms with Crippen LogP contribution in [0.3, 0.4) is 0 Å². The molecule has 0 radical (unpaired) electrons. The maximum atomic E-state index is 15.0. The third-order valence-corrected chi connectivity index (χ3v) is 6.95. The predicted octanol–water partition coefficient (Wildman–Crippen LogP) is 5.58. The average Bonchev–Trinajstić information content (AvgIpc) is 3.51. The van der Waals surface area contributed by atoms with Gasteiger partial charge in [0.05, 0.1) is 0 Å². The summed E-state index contributed by atoms with van der Waals surface area (Å²) in [5.41, 5.74) is 1.41. The Balaban J connectivity index is 1.61. The lowest BCUT2D eigenvalue weighted by molar-refractivity contribution is -0.122. The van der Waals surface area contributed by atoms with E-state index in [4.69, 9.17) is 14.2 Å². The summed E-state index contributed by atoms with van der Waals surface area (Å²) in [5, 5.41) is 0. The molecule has 3 aromatic rings. The van der Waals surface area contributed by atoms with Crippen LogP contribution in [0.2, 0.25) is 0 Å². The number of fused-ring (bicyclic) bond motifs is 5. The first kappa shape index (κ1) is 21.0. The van der Waals surface area contributed by atoms with Crippen molar-refractivity contribution < 1.29 is 27.8 Å². The second-order valence-corrected chi connectivity index (χ2v) is 8.88. The zero-order valence-corrected chi connectivity index (χ0v) is 18.7. The summed E-state index contributed by atoms with van der Waals surface area (Å²) in [7, 11) is 0. The number of nitrogens with zero attached hydrogens (tertiary/aromatic N) is 1. The fraction of sp³-hybridized carbons (Fsp3) is 0.296. The predicted molar refractivity (Wildman–Crippen MR) is 123 cm³/mol. The van der Waals surface area contributed by atoms with Crippen LogP contribution >= 0.6 is 0 Å². The van der Waals surface area contributed by atoms with Crippen LogP contribution < -0.4 is 19.1 Å². The number of halogens is 2. The number of hydrogen-bond acceptors (Lipinski definition) is 4. The number of anilines is 1. The molecule has 1 unspecified atom stereocenters. The van der Waals surface area contributed by atoms with Gasteiger partial charge in [-0.25, -0.2) is 8.78 Å². The van der Waals surface area contributed by atoms with Gasteiger partial charge in [0.2, 0.25) is 12.7 Å². The Kier molecular flexibility index (Phi) is 4.76. The highest BCUT2D eigenvalue weighted by Gasteiger charge is 2.58. The topological polar surface area (TPSA) is 48.0 Å². The molecule has 3 aromatic carbocycles. The van der Waals surface area contributed by atoms with Gasteiger partial charge in [0.1, 0.15) is 29.4 Å². The quantitative estimate of drug-likeness (QED) is 0.464. The van der Waals surface area contributed by atoms with E-state index in [0.29, 0.717) is 46.2 Å². The van der Waals surface area contributed by atoms with Gasteiger partial charge >= 0.3 is 0 Å². The second-order valence-electron chi connectivity index (χ2n) is 8.88. The second kappa shape index (κ2) is 7.72. The Morgan fingerprint density at radius 3 is 2.59 bits per heavy atom. The van der Waals surface area contributed by atoms with Gasteiger partial charge in [0, 0.05) is 35.0 Å². The van der Waals surface area contributed by atoms with Crippen molar-refractivity contribution in [3.8, 4) is 28.4 Å². The summed E-state index contributed by atoms with van der Waals surface area (Å²) in [6.45, 7) is 2.81. The van der Waals surface area contributed by atoms with Crippen molar-refractivity contribution in [1.82, 2.24) is 0 Å². The summed E-state index contributed by atoms with van der Waals surface area (Å²) < 4.78 is 46.3. The molecule has 6 rings (SSSR count). The van der Waals surface area contributed by atoms with Crippen LogP contribution in [0.25, 0.3) is 11.1 Å². The third-order valence-electron chi connectivity index (χ3n) is 6.95. The van der Waals surface area contributed by atoms with Crippen LogP contribution in [0.15, 0.2) is 48.5 Å². The van der Waals surface area contributed by atoms with Crippen LogP contribution in [-0.2, 0) is 10.2 Å². The summed E-state index contributed by atoms with van der Waals surface area (Å²) in [5.74, 6) is 0.418. The van der Waals surface area contributed by atoms with Gasteiger partial charge in [-0.1, -0.05) is 31.9 Å². The average molecular weight is 463 g/mol. The third kappa shape index (κ3) is 2.85. The normalized spacial score (nSPS) is 19.5. The van der Waals surface area contributed by atoms with Crippen molar-refractivity contribution in [3.63, 3.8) is 0 Å². The molecule has 0 saturated carbocycles. The minimum atomic E-state index is -1.19. The van der Waals surface area contributed by atoms with Crippen LogP contribution in [0.5, 0.6) is 17.2 Å². The molecule has 0 saturated heterocycles. The number of ether oxygens (including phenoxy) is 3. The van der Waals surface area contributed by atoms with Crippen molar-refractivity contribution in [1.29, 1.82) is 0 Å². The minimum Gasteiger partial charge on any atom is -0.491 e. The summed E-state index contributed by atoms with van der Waals surface area (Å²) in [4.78, 5) is 16.0. The Bertz CT molecular complexity index is 1320. The van der Waals surface area contributed by atoms with E-state index in [1.165, 1.54) is 6.07 Å². The van der Waals surface area contributed by atoms with Gasteiger partial charge in [0.25, 0.3) is 0 Å². The van der Waals surface area contributed by atoms with E-state index in [9.17, 15) is 13.6 Å². The van der Waals surface area contributed by atoms with Crippen molar-refractivity contribution in [2.75, 3.05) is 24.8 Å². The molecule has 3 heterocycles. The molecule has 0 N–H and O–H groups in total. The van der Waals surface area contributed by atoms with Crippen molar-refractivity contribution >= 4 is 11.6 Å². The fourth-order valence-electron chi connectivity index (χ4n) is 5.35. The van der Waals surface area contributed by atoms with E-state index in [2.05, 4.69) is 6.92 Å². The van der Waals surface area contributed by atoms with Crippen LogP contribution in [0.1, 0.15) is 37.3 Å². The fourth-order valence-corrected chi connectivity index (χ4v) is 5.35. The van der Waals surface area contributed by atoms with E-state index < -0.39 is 17.0 Å². The molecule has 1 atom stereocenters. The van der Waals surface area contributed by atoms with Gasteiger partial charge in [-0.05, 0) is 42.3 Å². The van der Waals surface area contributed by atoms with Gasteiger partial charge in [-0.3, -0.25) is 4.79 Å². The molecule has 3 aliphatic rings. The van der Waals surface area contributed by atoms with Gasteiger partial charge in [-0.15, -0.1) is 0 Å². The van der Waals surface area contributed by atoms with Crippen molar-refractivity contribution in [3.05, 3.63) is 71.3 Å². The lowest BCUT2D eigenvalue weighted by Gasteiger charge is -2.24. The molecule has 7 heteroatoms. The smallest absolute Gasteiger partial charge is 0.245 e. The first-order valence-corrected chi connectivity index (χ1v) is 11.5. The van der Waals surface area contributed by atoms with Crippen LogP contribution in [0, 0.1) is 11.6 Å². The lowest BCUT2D eigenvalue weighted by Crippen LogP contribution is -2.43. The number of carbonyl (C=O) groups is 1. The monoisotopic (exact) mass is 463 g/mol. The Morgan fingerprint density at radius 1 is 0.941 bits per heavy atom. The summed E-state index contributed by atoms with van der Waals surface area (Å²) >= 11 is 0. The maximum absolute atomic E-state index is 15.0. The lowest BCUT2D eigenvalue weighted by atomic mass is 9.74. The van der Waals surface area contributed by atoms with Gasteiger partial charge < -0.3 is 19.1 Å². The number of amides is 1. The van der Waals surface area contributed by atoms with Crippen molar-refractivity contribution in [2.45, 2.75) is 31.6 Å². The van der Waals surface area contributed by atoms with E-state index >= 15 is 0 Å². The number of benzene rings is 3. The zero-order chi connectivity index (χ0) is 23.4. The Labute approximate surface area is 195 Å². The number of unbranched alkanes of at least 4 members (excludes halogenated alkanes) is 2. The van der Waals surface area contributed by atoms with Gasteiger partial charge in [-0.2, -0.15) is 0 Å². The highest BCUT2D eigenvalue weighted by molar-refractivity contribution is 6.13. The zero-order valence-electron chi connectivity index (χ0n) is 18.7. The molecule has 0 aliphatic carbocycles. The highest BCUT2D eigenvalue weighted by Crippen LogP contribution is 2.57. The molecule has 174 valence electrons. The molecule has 1 spiro atoms. The van der Waals surface area contributed by atoms with E-state index in [0.717, 1.165) is 31.4 Å². The Hall–Kier alpha value is -3.61. The van der Waals surface area contributed by atoms with E-state index in [1.54, 1.807) is 29.2 Å². The van der Waals surface area contributed by atoms with Crippen LogP contribution in [0.4, 0.5) is 14.5 Å². The molecule has 1 amide bonds. The largest absolute Gasteiger partial charge is 0.491 e. The van der Waals surface area contributed by atoms with E-state index in [1.807, 2.05) is 6.07 Å². The number of hydrogen-bond donors (Lipinski definition) is 0. The maximum Gasteiger partial charge on any atom is 0.245 e.